The Hall–Kier alpha value is -2.38. The number of aromatic nitrogens is 1. The molecule has 0 saturated heterocycles. The highest BCUT2D eigenvalue weighted by Crippen LogP contribution is 2.31. The van der Waals surface area contributed by atoms with E-state index in [0.29, 0.717) is 5.15 Å². The first-order valence-corrected chi connectivity index (χ1v) is 7.23. The summed E-state index contributed by atoms with van der Waals surface area (Å²) in [6.45, 7) is 0. The second-order valence-electron chi connectivity index (χ2n) is 5.07. The lowest BCUT2D eigenvalue weighted by Gasteiger charge is -2.08. The molecule has 0 unspecified atom stereocenters. The van der Waals surface area contributed by atoms with Gasteiger partial charge < -0.3 is 0 Å². The van der Waals surface area contributed by atoms with Crippen LogP contribution < -0.4 is 0 Å². The summed E-state index contributed by atoms with van der Waals surface area (Å²) < 4.78 is 0. The molecule has 1 heterocycles. The Bertz CT molecular complexity index is 960. The van der Waals surface area contributed by atoms with E-state index < -0.39 is 0 Å². The number of nitrogens with zero attached hydrogens (tertiary/aromatic N) is 1. The van der Waals surface area contributed by atoms with Crippen LogP contribution in [0.5, 0.6) is 0 Å². The highest BCUT2D eigenvalue weighted by atomic mass is 35.5. The van der Waals surface area contributed by atoms with Crippen LogP contribution in [0.4, 0.5) is 0 Å². The molecule has 0 atom stereocenters. The summed E-state index contributed by atoms with van der Waals surface area (Å²) in [5.41, 5.74) is 3.21. The Morgan fingerprint density at radius 3 is 2.38 bits per heavy atom. The molecule has 3 aromatic carbocycles. The first-order valence-electron chi connectivity index (χ1n) is 6.86. The van der Waals surface area contributed by atoms with E-state index in [1.807, 2.05) is 24.3 Å². The SMILES string of the molecule is Clc1cc(-c2ccc3ccccc3c2)c2ccccc2n1. The number of rotatable bonds is 1. The quantitative estimate of drug-likeness (QED) is 0.409. The van der Waals surface area contributed by atoms with Crippen molar-refractivity contribution in [1.82, 2.24) is 4.98 Å². The topological polar surface area (TPSA) is 12.9 Å². The summed E-state index contributed by atoms with van der Waals surface area (Å²) in [5, 5.41) is 4.12. The van der Waals surface area contributed by atoms with Crippen LogP contribution in [0.25, 0.3) is 32.8 Å². The maximum absolute atomic E-state index is 6.18. The van der Waals surface area contributed by atoms with Crippen LogP contribution in [0.1, 0.15) is 0 Å². The summed E-state index contributed by atoms with van der Waals surface area (Å²) in [6, 6.07) is 24.9. The van der Waals surface area contributed by atoms with Crippen molar-refractivity contribution in [2.75, 3.05) is 0 Å². The average Bonchev–Trinajstić information content (AvgIpc) is 2.53. The van der Waals surface area contributed by atoms with Gasteiger partial charge in [-0.25, -0.2) is 4.98 Å². The molecule has 0 spiro atoms. The van der Waals surface area contributed by atoms with Crippen LogP contribution >= 0.6 is 11.6 Å². The predicted octanol–water partition coefficient (Wildman–Crippen LogP) is 5.71. The van der Waals surface area contributed by atoms with Gasteiger partial charge in [-0.3, -0.25) is 0 Å². The molecule has 0 aliphatic carbocycles. The van der Waals surface area contributed by atoms with Gasteiger partial charge in [0.15, 0.2) is 0 Å². The van der Waals surface area contributed by atoms with Gasteiger partial charge >= 0.3 is 0 Å². The molecule has 1 nitrogen and oxygen atoms in total. The Balaban J connectivity index is 2.03. The fourth-order valence-corrected chi connectivity index (χ4v) is 2.94. The van der Waals surface area contributed by atoms with Gasteiger partial charge in [0, 0.05) is 5.39 Å². The zero-order valence-corrected chi connectivity index (χ0v) is 12.0. The number of fused-ring (bicyclic) bond motifs is 2. The molecule has 0 amide bonds. The summed E-state index contributed by atoms with van der Waals surface area (Å²) in [6.07, 6.45) is 0. The van der Waals surface area contributed by atoms with Crippen LogP contribution in [0.2, 0.25) is 5.15 Å². The first-order chi connectivity index (χ1) is 10.3. The zero-order chi connectivity index (χ0) is 14.2. The largest absolute Gasteiger partial charge is 0.236 e. The first kappa shape index (κ1) is 12.4. The van der Waals surface area contributed by atoms with Gasteiger partial charge in [-0.15, -0.1) is 0 Å². The van der Waals surface area contributed by atoms with E-state index in [4.69, 9.17) is 11.6 Å². The van der Waals surface area contributed by atoms with Crippen molar-refractivity contribution >= 4 is 33.3 Å². The maximum Gasteiger partial charge on any atom is 0.130 e. The second-order valence-corrected chi connectivity index (χ2v) is 5.46. The van der Waals surface area contributed by atoms with Gasteiger partial charge in [0.1, 0.15) is 5.15 Å². The van der Waals surface area contributed by atoms with E-state index in [-0.39, 0.29) is 0 Å². The highest BCUT2D eigenvalue weighted by molar-refractivity contribution is 6.30. The molecule has 0 radical (unpaired) electrons. The molecule has 1 aromatic heterocycles. The van der Waals surface area contributed by atoms with Crippen LogP contribution in [-0.4, -0.2) is 4.98 Å². The van der Waals surface area contributed by atoms with Crippen molar-refractivity contribution in [3.05, 3.63) is 77.9 Å². The molecular weight excluding hydrogens is 278 g/mol. The molecule has 0 aliphatic rings. The third kappa shape index (κ3) is 2.16. The predicted molar refractivity (Wildman–Crippen MR) is 89.7 cm³/mol. The number of hydrogen-bond donors (Lipinski definition) is 0. The van der Waals surface area contributed by atoms with E-state index >= 15 is 0 Å². The Labute approximate surface area is 127 Å². The molecular formula is C19H12ClN. The maximum atomic E-state index is 6.18. The lowest BCUT2D eigenvalue weighted by Crippen LogP contribution is -1.86. The smallest absolute Gasteiger partial charge is 0.130 e. The molecule has 2 heteroatoms. The van der Waals surface area contributed by atoms with Gasteiger partial charge in [-0.2, -0.15) is 0 Å². The average molecular weight is 290 g/mol. The Morgan fingerprint density at radius 1 is 0.714 bits per heavy atom. The van der Waals surface area contributed by atoms with Gasteiger partial charge in [0.05, 0.1) is 5.52 Å². The molecule has 0 N–H and O–H groups in total. The summed E-state index contributed by atoms with van der Waals surface area (Å²) in [5.74, 6) is 0. The third-order valence-corrected chi connectivity index (χ3v) is 3.94. The molecule has 4 aromatic rings. The summed E-state index contributed by atoms with van der Waals surface area (Å²) in [4.78, 5) is 4.39. The monoisotopic (exact) mass is 289 g/mol. The Morgan fingerprint density at radius 2 is 1.48 bits per heavy atom. The van der Waals surface area contributed by atoms with Gasteiger partial charge in [-0.1, -0.05) is 66.2 Å². The minimum absolute atomic E-state index is 0.525. The standard InChI is InChI=1S/C19H12ClN/c20-19-12-17(16-7-3-4-8-18(16)21-19)15-10-9-13-5-1-2-6-14(13)11-15/h1-12H. The van der Waals surface area contributed by atoms with Crippen molar-refractivity contribution in [3.63, 3.8) is 0 Å². The van der Waals surface area contributed by atoms with Crippen LogP contribution in [0.15, 0.2) is 72.8 Å². The van der Waals surface area contributed by atoms with Crippen LogP contribution in [0, 0.1) is 0 Å². The van der Waals surface area contributed by atoms with Crippen molar-refractivity contribution < 1.29 is 0 Å². The Kier molecular flexibility index (Phi) is 2.87. The second kappa shape index (κ2) is 4.87. The zero-order valence-electron chi connectivity index (χ0n) is 11.3. The molecule has 100 valence electrons. The fourth-order valence-electron chi connectivity index (χ4n) is 2.74. The van der Waals surface area contributed by atoms with Gasteiger partial charge in [0.25, 0.3) is 0 Å². The van der Waals surface area contributed by atoms with Crippen LogP contribution in [0.3, 0.4) is 0 Å². The fraction of sp³-hybridized carbons (Fsp3) is 0. The van der Waals surface area contributed by atoms with E-state index in [1.54, 1.807) is 0 Å². The number of hydrogen-bond acceptors (Lipinski definition) is 1. The minimum Gasteiger partial charge on any atom is -0.236 e. The highest BCUT2D eigenvalue weighted by Gasteiger charge is 2.07. The van der Waals surface area contributed by atoms with E-state index in [9.17, 15) is 0 Å². The molecule has 0 saturated carbocycles. The van der Waals surface area contributed by atoms with Crippen LogP contribution in [-0.2, 0) is 0 Å². The van der Waals surface area contributed by atoms with E-state index in [2.05, 4.69) is 53.5 Å². The van der Waals surface area contributed by atoms with Crippen molar-refractivity contribution in [2.45, 2.75) is 0 Å². The lowest BCUT2D eigenvalue weighted by atomic mass is 9.98. The molecule has 0 bridgehead atoms. The molecule has 0 aliphatic heterocycles. The third-order valence-electron chi connectivity index (χ3n) is 3.75. The van der Waals surface area contributed by atoms with Crippen molar-refractivity contribution in [2.24, 2.45) is 0 Å². The normalized spacial score (nSPS) is 11.1. The van der Waals surface area contributed by atoms with E-state index in [1.165, 1.54) is 10.8 Å². The van der Waals surface area contributed by atoms with E-state index in [0.717, 1.165) is 22.0 Å². The number of para-hydroxylation sites is 1. The number of pyridine rings is 1. The molecule has 21 heavy (non-hydrogen) atoms. The number of halogens is 1. The number of benzene rings is 3. The minimum atomic E-state index is 0.525. The molecule has 4 rings (SSSR count). The summed E-state index contributed by atoms with van der Waals surface area (Å²) >= 11 is 6.18. The lowest BCUT2D eigenvalue weighted by molar-refractivity contribution is 1.41. The summed E-state index contributed by atoms with van der Waals surface area (Å²) in [7, 11) is 0. The van der Waals surface area contributed by atoms with Crippen molar-refractivity contribution in [1.29, 1.82) is 0 Å². The van der Waals surface area contributed by atoms with Gasteiger partial charge in [0.2, 0.25) is 0 Å². The molecule has 0 fully saturated rings. The van der Waals surface area contributed by atoms with Crippen molar-refractivity contribution in [3.8, 4) is 11.1 Å². The van der Waals surface area contributed by atoms with Gasteiger partial charge in [-0.05, 0) is 40.1 Å².